The summed E-state index contributed by atoms with van der Waals surface area (Å²) in [6.45, 7) is 2.57. The molecule has 4 heteroatoms. The van der Waals surface area contributed by atoms with E-state index in [-0.39, 0.29) is 0 Å². The van der Waals surface area contributed by atoms with E-state index < -0.39 is 12.1 Å². The fourth-order valence-corrected chi connectivity index (χ4v) is 4.19. The van der Waals surface area contributed by atoms with Crippen molar-refractivity contribution in [1.29, 1.82) is 0 Å². The van der Waals surface area contributed by atoms with E-state index in [2.05, 4.69) is 72.8 Å². The molecule has 1 atom stereocenters. The molecule has 0 unspecified atom stereocenters. The minimum Gasteiger partial charge on any atom is -0.490 e. The Balaban J connectivity index is 1.43. The zero-order valence-electron chi connectivity index (χ0n) is 22.6. The second-order valence-corrected chi connectivity index (χ2v) is 9.26. The maximum atomic E-state index is 11.3. The summed E-state index contributed by atoms with van der Waals surface area (Å²) in [5.41, 5.74) is 6.50. The van der Waals surface area contributed by atoms with Crippen LogP contribution in [0.5, 0.6) is 5.75 Å². The van der Waals surface area contributed by atoms with Crippen molar-refractivity contribution in [3.8, 4) is 5.75 Å². The van der Waals surface area contributed by atoms with Gasteiger partial charge in [-0.05, 0) is 76.7 Å². The molecule has 40 heavy (non-hydrogen) atoms. The van der Waals surface area contributed by atoms with Crippen LogP contribution in [-0.4, -0.2) is 30.4 Å². The maximum Gasteiger partial charge on any atom is 0.333 e. The van der Waals surface area contributed by atoms with Gasteiger partial charge in [0.15, 0.2) is 6.10 Å². The van der Waals surface area contributed by atoms with Crippen LogP contribution in [0.4, 0.5) is 0 Å². The molecule has 0 heterocycles. The standard InChI is InChI=1S/C36H34O4/c1-2-39-35(36(37)38)27-30-19-21-34(22-20-30)40-23-9-14-31-24-32(17-15-28-10-5-3-6-11-28)26-33(25-31)18-16-29-12-7-4-8-13-29/h3-22,24-26,35H,2,23,27H2,1H3,(H,37,38)/t35-/m0/s1. The van der Waals surface area contributed by atoms with Crippen molar-refractivity contribution in [1.82, 2.24) is 0 Å². The molecule has 0 radical (unpaired) electrons. The molecule has 1 N–H and O–H groups in total. The van der Waals surface area contributed by atoms with E-state index in [1.807, 2.05) is 66.7 Å². The van der Waals surface area contributed by atoms with E-state index in [4.69, 9.17) is 9.47 Å². The maximum absolute atomic E-state index is 11.3. The molecular weight excluding hydrogens is 496 g/mol. The normalized spacial score (nSPS) is 12.3. The molecule has 4 rings (SSSR count). The molecule has 0 fully saturated rings. The Morgan fingerprint density at radius 3 is 1.70 bits per heavy atom. The molecule has 0 aliphatic carbocycles. The molecule has 202 valence electrons. The quantitative estimate of drug-likeness (QED) is 0.177. The molecule has 0 spiro atoms. The summed E-state index contributed by atoms with van der Waals surface area (Å²) in [6.07, 6.45) is 12.0. The summed E-state index contributed by atoms with van der Waals surface area (Å²) in [6, 6.07) is 34.5. The SMILES string of the molecule is CCO[C@@H](Cc1ccc(OCC=Cc2cc(C=Cc3ccccc3)cc(C=Cc3ccccc3)c2)cc1)C(=O)O. The molecule has 4 aromatic carbocycles. The van der Waals surface area contributed by atoms with Crippen molar-refractivity contribution >= 4 is 36.3 Å². The average molecular weight is 531 g/mol. The third-order valence-corrected chi connectivity index (χ3v) is 6.18. The second kappa shape index (κ2) is 15.1. The van der Waals surface area contributed by atoms with E-state index in [0.29, 0.717) is 19.6 Å². The Kier molecular flexibility index (Phi) is 10.7. The van der Waals surface area contributed by atoms with E-state index in [0.717, 1.165) is 39.1 Å². The van der Waals surface area contributed by atoms with Crippen molar-refractivity contribution in [2.75, 3.05) is 13.2 Å². The molecular formula is C36H34O4. The number of carbonyl (C=O) groups is 1. The molecule has 0 saturated carbocycles. The van der Waals surface area contributed by atoms with Crippen molar-refractivity contribution in [2.45, 2.75) is 19.4 Å². The first-order valence-electron chi connectivity index (χ1n) is 13.4. The highest BCUT2D eigenvalue weighted by Crippen LogP contribution is 2.19. The zero-order valence-corrected chi connectivity index (χ0v) is 22.6. The summed E-state index contributed by atoms with van der Waals surface area (Å²) in [4.78, 5) is 11.3. The van der Waals surface area contributed by atoms with E-state index in [1.165, 1.54) is 0 Å². The Bertz CT molecular complexity index is 1370. The van der Waals surface area contributed by atoms with E-state index in [1.54, 1.807) is 6.92 Å². The number of hydrogen-bond acceptors (Lipinski definition) is 3. The monoisotopic (exact) mass is 530 g/mol. The Morgan fingerprint density at radius 2 is 1.20 bits per heavy atom. The molecule has 4 aromatic rings. The van der Waals surface area contributed by atoms with Crippen LogP contribution < -0.4 is 4.74 Å². The second-order valence-electron chi connectivity index (χ2n) is 9.26. The van der Waals surface area contributed by atoms with Gasteiger partial charge in [-0.15, -0.1) is 0 Å². The fraction of sp³-hybridized carbons (Fsp3) is 0.139. The van der Waals surface area contributed by atoms with Crippen LogP contribution in [0.3, 0.4) is 0 Å². The van der Waals surface area contributed by atoms with Gasteiger partial charge in [0.1, 0.15) is 12.4 Å². The van der Waals surface area contributed by atoms with Gasteiger partial charge in [-0.2, -0.15) is 0 Å². The smallest absolute Gasteiger partial charge is 0.333 e. The summed E-state index contributed by atoms with van der Waals surface area (Å²) in [7, 11) is 0. The lowest BCUT2D eigenvalue weighted by molar-refractivity contribution is -0.149. The lowest BCUT2D eigenvalue weighted by atomic mass is 10.0. The van der Waals surface area contributed by atoms with Gasteiger partial charge in [0, 0.05) is 13.0 Å². The molecule has 0 bridgehead atoms. The summed E-state index contributed by atoms with van der Waals surface area (Å²) < 4.78 is 11.2. The third-order valence-electron chi connectivity index (χ3n) is 6.18. The average Bonchev–Trinajstić information content (AvgIpc) is 2.99. The van der Waals surface area contributed by atoms with Crippen LogP contribution in [0.2, 0.25) is 0 Å². The number of carboxylic acids is 1. The Morgan fingerprint density at radius 1 is 0.700 bits per heavy atom. The van der Waals surface area contributed by atoms with Gasteiger partial charge in [0.05, 0.1) is 0 Å². The lowest BCUT2D eigenvalue weighted by Gasteiger charge is -2.12. The van der Waals surface area contributed by atoms with Gasteiger partial charge < -0.3 is 14.6 Å². The minimum atomic E-state index is -0.953. The first-order chi connectivity index (χ1) is 19.6. The van der Waals surface area contributed by atoms with Gasteiger partial charge in [0.25, 0.3) is 0 Å². The van der Waals surface area contributed by atoms with Crippen molar-refractivity contribution in [3.05, 3.63) is 143 Å². The Labute approximate surface area is 236 Å². The van der Waals surface area contributed by atoms with Gasteiger partial charge >= 0.3 is 5.97 Å². The highest BCUT2D eigenvalue weighted by molar-refractivity contribution is 5.76. The van der Waals surface area contributed by atoms with Crippen LogP contribution in [0, 0.1) is 0 Å². The van der Waals surface area contributed by atoms with Crippen molar-refractivity contribution < 1.29 is 19.4 Å². The van der Waals surface area contributed by atoms with Gasteiger partial charge in [-0.3, -0.25) is 0 Å². The molecule has 0 aromatic heterocycles. The number of ether oxygens (including phenoxy) is 2. The summed E-state index contributed by atoms with van der Waals surface area (Å²) >= 11 is 0. The molecule has 0 aliphatic rings. The van der Waals surface area contributed by atoms with Gasteiger partial charge in [-0.25, -0.2) is 4.79 Å². The minimum absolute atomic E-state index is 0.319. The number of rotatable bonds is 13. The highest BCUT2D eigenvalue weighted by Gasteiger charge is 2.17. The van der Waals surface area contributed by atoms with E-state index in [9.17, 15) is 9.90 Å². The first-order valence-corrected chi connectivity index (χ1v) is 13.4. The molecule has 0 amide bonds. The van der Waals surface area contributed by atoms with Crippen LogP contribution in [-0.2, 0) is 16.0 Å². The Hall–Kier alpha value is -4.67. The number of carboxylic acid groups (broad SMARTS) is 1. The van der Waals surface area contributed by atoms with Crippen molar-refractivity contribution in [2.24, 2.45) is 0 Å². The first kappa shape index (κ1) is 28.3. The largest absolute Gasteiger partial charge is 0.490 e. The predicted molar refractivity (Wildman–Crippen MR) is 165 cm³/mol. The molecule has 0 aliphatic heterocycles. The number of hydrogen-bond donors (Lipinski definition) is 1. The van der Waals surface area contributed by atoms with Gasteiger partial charge in [0.2, 0.25) is 0 Å². The van der Waals surface area contributed by atoms with Crippen LogP contribution in [0.1, 0.15) is 40.3 Å². The topological polar surface area (TPSA) is 55.8 Å². The van der Waals surface area contributed by atoms with Crippen LogP contribution >= 0.6 is 0 Å². The molecule has 0 saturated heterocycles. The predicted octanol–water partition coefficient (Wildman–Crippen LogP) is 8.15. The highest BCUT2D eigenvalue weighted by atomic mass is 16.5. The summed E-state index contributed by atoms with van der Waals surface area (Å²) in [5.74, 6) is -0.228. The number of benzene rings is 4. The number of aliphatic carboxylic acids is 1. The van der Waals surface area contributed by atoms with Gasteiger partial charge in [-0.1, -0.05) is 103 Å². The van der Waals surface area contributed by atoms with Crippen molar-refractivity contribution in [3.63, 3.8) is 0 Å². The third kappa shape index (κ3) is 9.26. The van der Waals surface area contributed by atoms with Crippen LogP contribution in [0.15, 0.2) is 109 Å². The molecule has 4 nitrogen and oxygen atoms in total. The van der Waals surface area contributed by atoms with Crippen LogP contribution in [0.25, 0.3) is 30.4 Å². The lowest BCUT2D eigenvalue weighted by Crippen LogP contribution is -2.26. The van der Waals surface area contributed by atoms with E-state index >= 15 is 0 Å². The zero-order chi connectivity index (χ0) is 28.0. The fourth-order valence-electron chi connectivity index (χ4n) is 4.19. The summed E-state index contributed by atoms with van der Waals surface area (Å²) in [5, 5.41) is 9.29.